The molecule has 2 atom stereocenters. The molecule has 3 aliphatic rings. The van der Waals surface area contributed by atoms with Crippen LogP contribution in [0.2, 0.25) is 0 Å². The van der Waals surface area contributed by atoms with Crippen LogP contribution in [0.25, 0.3) is 0 Å². The first-order valence-electron chi connectivity index (χ1n) is 16.2. The Morgan fingerprint density at radius 3 is 1.85 bits per heavy atom. The van der Waals surface area contributed by atoms with Crippen molar-refractivity contribution in [3.63, 3.8) is 0 Å². The van der Waals surface area contributed by atoms with Crippen molar-refractivity contribution < 1.29 is 9.59 Å². The Morgan fingerprint density at radius 2 is 1.28 bits per heavy atom. The van der Waals surface area contributed by atoms with Crippen LogP contribution in [0.4, 0.5) is 0 Å². The minimum absolute atomic E-state index is 0.234. The minimum Gasteiger partial charge on any atom is -0.349 e. The molecule has 3 heterocycles. The van der Waals surface area contributed by atoms with Gasteiger partial charge >= 0.3 is 0 Å². The predicted molar refractivity (Wildman–Crippen MR) is 163 cm³/mol. The van der Waals surface area contributed by atoms with Crippen molar-refractivity contribution in [3.8, 4) is 0 Å². The molecule has 6 nitrogen and oxygen atoms in total. The first-order valence-corrected chi connectivity index (χ1v) is 16.2. The van der Waals surface area contributed by atoms with E-state index < -0.39 is 0 Å². The number of likely N-dealkylation sites (tertiary alicyclic amines) is 3. The topological polar surface area (TPSA) is 47.1 Å². The van der Waals surface area contributed by atoms with E-state index in [1.165, 1.54) is 38.8 Å². The van der Waals surface area contributed by atoms with Gasteiger partial charge in [0.25, 0.3) is 0 Å². The summed E-state index contributed by atoms with van der Waals surface area (Å²) in [7, 11) is 3.70. The lowest BCUT2D eigenvalue weighted by atomic mass is 9.70. The molecule has 0 aromatic heterocycles. The molecular weight excluding hydrogens is 484 g/mol. The van der Waals surface area contributed by atoms with Crippen LogP contribution in [-0.2, 0) is 9.59 Å². The highest BCUT2D eigenvalue weighted by Crippen LogP contribution is 2.41. The first-order chi connectivity index (χ1) is 18.3. The van der Waals surface area contributed by atoms with Gasteiger partial charge in [0.2, 0.25) is 11.8 Å². The number of nitrogens with zero attached hydrogens (tertiary/aromatic N) is 4. The summed E-state index contributed by atoms with van der Waals surface area (Å²) in [6.07, 6.45) is 10.6. The second-order valence-corrected chi connectivity index (χ2v) is 15.4. The monoisotopic (exact) mass is 546 g/mol. The summed E-state index contributed by atoms with van der Waals surface area (Å²) in [5.41, 5.74) is 0.755. The highest BCUT2D eigenvalue weighted by atomic mass is 16.2. The number of amides is 2. The predicted octanol–water partition coefficient (Wildman–Crippen LogP) is 5.76. The summed E-state index contributed by atoms with van der Waals surface area (Å²) in [4.78, 5) is 34.4. The van der Waals surface area contributed by atoms with Gasteiger partial charge in [0, 0.05) is 46.1 Å². The summed E-state index contributed by atoms with van der Waals surface area (Å²) < 4.78 is 0. The zero-order chi connectivity index (χ0) is 28.8. The standard InChI is InChI=1S/C33H62N4O2/c1-32(2,3)27-15-20-35(21-16-27)18-9-12-31(39)37-22-13-26(14-23-37)29-25-28(33(4,5)6)17-24-36(29)19-10-11-30(38)34(7)8/h26-29H,9-25H2,1-8H3. The third kappa shape index (κ3) is 9.73. The molecule has 2 amide bonds. The zero-order valence-electron chi connectivity index (χ0n) is 26.9. The zero-order valence-corrected chi connectivity index (χ0v) is 26.9. The van der Waals surface area contributed by atoms with Gasteiger partial charge in [-0.1, -0.05) is 41.5 Å². The Kier molecular flexibility index (Phi) is 11.8. The number of carbonyl (C=O) groups is 2. The summed E-state index contributed by atoms with van der Waals surface area (Å²) >= 11 is 0. The highest BCUT2D eigenvalue weighted by Gasteiger charge is 2.39. The van der Waals surface area contributed by atoms with Gasteiger partial charge in [0.15, 0.2) is 0 Å². The van der Waals surface area contributed by atoms with Crippen LogP contribution in [0.3, 0.4) is 0 Å². The molecule has 6 heteroatoms. The molecule has 0 saturated carbocycles. The largest absolute Gasteiger partial charge is 0.349 e. The smallest absolute Gasteiger partial charge is 0.222 e. The minimum atomic E-state index is 0.234. The van der Waals surface area contributed by atoms with Crippen LogP contribution in [0.1, 0.15) is 106 Å². The van der Waals surface area contributed by atoms with Crippen LogP contribution in [-0.4, -0.2) is 97.4 Å². The van der Waals surface area contributed by atoms with Gasteiger partial charge in [0.05, 0.1) is 0 Å². The van der Waals surface area contributed by atoms with Gasteiger partial charge in [-0.2, -0.15) is 0 Å². The van der Waals surface area contributed by atoms with E-state index in [2.05, 4.69) is 56.2 Å². The highest BCUT2D eigenvalue weighted by molar-refractivity contribution is 5.76. The van der Waals surface area contributed by atoms with Crippen LogP contribution in [0.15, 0.2) is 0 Å². The lowest BCUT2D eigenvalue weighted by Gasteiger charge is -2.48. The molecule has 3 saturated heterocycles. The van der Waals surface area contributed by atoms with E-state index >= 15 is 0 Å². The van der Waals surface area contributed by atoms with E-state index in [0.717, 1.165) is 70.2 Å². The Bertz CT molecular complexity index is 768. The van der Waals surface area contributed by atoms with Crippen molar-refractivity contribution in [2.75, 3.05) is 59.9 Å². The maximum atomic E-state index is 13.1. The Morgan fingerprint density at radius 1 is 0.718 bits per heavy atom. The molecule has 0 spiro atoms. The van der Waals surface area contributed by atoms with E-state index in [9.17, 15) is 9.59 Å². The molecule has 2 unspecified atom stereocenters. The quantitative estimate of drug-likeness (QED) is 0.369. The van der Waals surface area contributed by atoms with Crippen LogP contribution in [0.5, 0.6) is 0 Å². The van der Waals surface area contributed by atoms with Gasteiger partial charge in [-0.25, -0.2) is 0 Å². The van der Waals surface area contributed by atoms with Crippen LogP contribution >= 0.6 is 0 Å². The van der Waals surface area contributed by atoms with Crippen molar-refractivity contribution >= 4 is 11.8 Å². The first kappa shape index (κ1) is 32.4. The van der Waals surface area contributed by atoms with Crippen molar-refractivity contribution in [2.24, 2.45) is 28.6 Å². The molecule has 0 bridgehead atoms. The van der Waals surface area contributed by atoms with Crippen LogP contribution < -0.4 is 0 Å². The third-order valence-corrected chi connectivity index (χ3v) is 10.4. The fourth-order valence-corrected chi connectivity index (χ4v) is 7.43. The number of hydrogen-bond acceptors (Lipinski definition) is 4. The van der Waals surface area contributed by atoms with Gasteiger partial charge in [0.1, 0.15) is 0 Å². The number of carbonyl (C=O) groups excluding carboxylic acids is 2. The maximum Gasteiger partial charge on any atom is 0.222 e. The van der Waals surface area contributed by atoms with Crippen molar-refractivity contribution in [2.45, 2.75) is 112 Å². The average molecular weight is 547 g/mol. The molecule has 0 N–H and O–H groups in total. The Labute approximate surface area is 241 Å². The van der Waals surface area contributed by atoms with Gasteiger partial charge < -0.3 is 19.6 Å². The van der Waals surface area contributed by atoms with Crippen LogP contribution in [0, 0.1) is 28.6 Å². The molecule has 226 valence electrons. The molecule has 3 fully saturated rings. The molecule has 39 heavy (non-hydrogen) atoms. The summed E-state index contributed by atoms with van der Waals surface area (Å²) in [5, 5.41) is 0. The average Bonchev–Trinajstić information content (AvgIpc) is 2.88. The fourth-order valence-electron chi connectivity index (χ4n) is 7.43. The summed E-state index contributed by atoms with van der Waals surface area (Å²) in [6.45, 7) is 21.8. The second kappa shape index (κ2) is 14.2. The third-order valence-electron chi connectivity index (χ3n) is 10.4. The van der Waals surface area contributed by atoms with Crippen molar-refractivity contribution in [1.82, 2.24) is 19.6 Å². The molecule has 3 aliphatic heterocycles. The van der Waals surface area contributed by atoms with Crippen molar-refractivity contribution in [3.05, 3.63) is 0 Å². The summed E-state index contributed by atoms with van der Waals surface area (Å²) in [5.74, 6) is 2.84. The molecule has 0 aromatic carbocycles. The number of hydrogen-bond donors (Lipinski definition) is 0. The van der Waals surface area contributed by atoms with Crippen molar-refractivity contribution in [1.29, 1.82) is 0 Å². The SMILES string of the molecule is CN(C)C(=O)CCCN1CCC(C(C)(C)C)CC1C1CCN(C(=O)CCCN2CCC(C(C)(C)C)CC2)CC1. The fraction of sp³-hybridized carbons (Fsp3) is 0.939. The van der Waals surface area contributed by atoms with E-state index in [-0.39, 0.29) is 5.91 Å². The maximum absolute atomic E-state index is 13.1. The number of piperidine rings is 3. The van der Waals surface area contributed by atoms with E-state index in [1.807, 2.05) is 14.1 Å². The Hall–Kier alpha value is -1.14. The molecular formula is C33H62N4O2. The molecule has 0 aromatic rings. The Balaban J connectivity index is 1.44. The summed E-state index contributed by atoms with van der Waals surface area (Å²) in [6, 6.07) is 0.589. The van der Waals surface area contributed by atoms with Gasteiger partial charge in [-0.15, -0.1) is 0 Å². The second-order valence-electron chi connectivity index (χ2n) is 15.4. The molecule has 3 rings (SSSR count). The van der Waals surface area contributed by atoms with E-state index in [0.29, 0.717) is 41.5 Å². The lowest BCUT2D eigenvalue weighted by molar-refractivity contribution is -0.133. The van der Waals surface area contributed by atoms with Gasteiger partial charge in [-0.3, -0.25) is 9.59 Å². The number of rotatable bonds is 9. The normalized spacial score (nSPS) is 25.2. The lowest BCUT2D eigenvalue weighted by Crippen LogP contribution is -2.52. The van der Waals surface area contributed by atoms with E-state index in [4.69, 9.17) is 0 Å². The molecule has 0 radical (unpaired) electrons. The van der Waals surface area contributed by atoms with Gasteiger partial charge in [-0.05, 0) is 113 Å². The molecule has 0 aliphatic carbocycles. The van der Waals surface area contributed by atoms with E-state index in [1.54, 1.807) is 4.90 Å².